The average molecular weight is 271 g/mol. The van der Waals surface area contributed by atoms with Crippen LogP contribution in [0.15, 0.2) is 23.1 Å². The highest BCUT2D eigenvalue weighted by Crippen LogP contribution is 2.34. The first-order chi connectivity index (χ1) is 8.46. The second-order valence-electron chi connectivity index (χ2n) is 4.33. The molecule has 6 heteroatoms. The Hall–Kier alpha value is -1.48. The molecule has 1 aromatic rings. The molecule has 0 aliphatic heterocycles. The molecule has 0 heterocycles. The Labute approximate surface area is 104 Å². The van der Waals surface area contributed by atoms with Gasteiger partial charge < -0.3 is 0 Å². The fourth-order valence-electron chi connectivity index (χ4n) is 2.27. The monoisotopic (exact) mass is 271 g/mol. The maximum Gasteiger partial charge on any atom is 0.182 e. The van der Waals surface area contributed by atoms with Crippen LogP contribution in [0.5, 0.6) is 0 Å². The first-order valence-corrected chi connectivity index (χ1v) is 7.10. The summed E-state index contributed by atoms with van der Waals surface area (Å²) in [4.78, 5) is -0.256. The van der Waals surface area contributed by atoms with Crippen molar-refractivity contribution in [2.75, 3.05) is 0 Å². The second-order valence-corrected chi connectivity index (χ2v) is 6.49. The standard InChI is InChI=1S/C12H11F2NO2S/c13-10-5-4-9(6-11(10)14)18(16,17)12-3-1-2-8(12)7-15/h4-6,8,12H,1-3H2. The molecule has 96 valence electrons. The van der Waals surface area contributed by atoms with Gasteiger partial charge in [0.25, 0.3) is 0 Å². The quantitative estimate of drug-likeness (QED) is 0.776. The van der Waals surface area contributed by atoms with E-state index >= 15 is 0 Å². The molecule has 0 bridgehead atoms. The van der Waals surface area contributed by atoms with Crippen LogP contribution in [0.3, 0.4) is 0 Å². The van der Waals surface area contributed by atoms with Crippen molar-refractivity contribution in [2.24, 2.45) is 5.92 Å². The van der Waals surface area contributed by atoms with Crippen molar-refractivity contribution < 1.29 is 17.2 Å². The Morgan fingerprint density at radius 2 is 1.94 bits per heavy atom. The highest BCUT2D eigenvalue weighted by molar-refractivity contribution is 7.92. The van der Waals surface area contributed by atoms with Gasteiger partial charge in [0.15, 0.2) is 21.5 Å². The molecule has 3 nitrogen and oxygen atoms in total. The molecular formula is C12H11F2NO2S. The number of hydrogen-bond acceptors (Lipinski definition) is 3. The summed E-state index contributed by atoms with van der Waals surface area (Å²) in [6, 6.07) is 4.48. The Morgan fingerprint density at radius 3 is 2.56 bits per heavy atom. The van der Waals surface area contributed by atoms with E-state index in [2.05, 4.69) is 0 Å². The number of halogens is 2. The lowest BCUT2D eigenvalue weighted by Crippen LogP contribution is -2.24. The van der Waals surface area contributed by atoms with E-state index in [0.29, 0.717) is 25.3 Å². The summed E-state index contributed by atoms with van der Waals surface area (Å²) in [6.07, 6.45) is 1.58. The zero-order valence-corrected chi connectivity index (χ0v) is 10.3. The van der Waals surface area contributed by atoms with Crippen LogP contribution >= 0.6 is 0 Å². The molecule has 2 unspecified atom stereocenters. The third-order valence-corrected chi connectivity index (χ3v) is 5.51. The SMILES string of the molecule is N#CC1CCCC1S(=O)(=O)c1ccc(F)c(F)c1. The van der Waals surface area contributed by atoms with Crippen molar-refractivity contribution >= 4 is 9.84 Å². The van der Waals surface area contributed by atoms with Crippen molar-refractivity contribution in [1.82, 2.24) is 0 Å². The van der Waals surface area contributed by atoms with Crippen molar-refractivity contribution in [3.8, 4) is 6.07 Å². The van der Waals surface area contributed by atoms with E-state index in [1.807, 2.05) is 6.07 Å². The summed E-state index contributed by atoms with van der Waals surface area (Å²) in [7, 11) is -3.77. The van der Waals surface area contributed by atoms with Gasteiger partial charge in [-0.15, -0.1) is 0 Å². The van der Waals surface area contributed by atoms with E-state index < -0.39 is 32.6 Å². The molecule has 18 heavy (non-hydrogen) atoms. The molecule has 2 atom stereocenters. The summed E-state index contributed by atoms with van der Waals surface area (Å²) in [6.45, 7) is 0. The normalized spacial score (nSPS) is 23.8. The molecule has 0 amide bonds. The fourth-order valence-corrected chi connectivity index (χ4v) is 4.26. The smallest absolute Gasteiger partial charge is 0.182 e. The van der Waals surface area contributed by atoms with E-state index in [1.165, 1.54) is 0 Å². The Kier molecular flexibility index (Phi) is 3.35. The lowest BCUT2D eigenvalue weighted by atomic mass is 10.1. The van der Waals surface area contributed by atoms with Gasteiger partial charge in [0.05, 0.1) is 22.1 Å². The molecule has 0 radical (unpaired) electrons. The van der Waals surface area contributed by atoms with Crippen LogP contribution in [0.2, 0.25) is 0 Å². The highest BCUT2D eigenvalue weighted by atomic mass is 32.2. The molecular weight excluding hydrogens is 260 g/mol. The molecule has 2 rings (SSSR count). The van der Waals surface area contributed by atoms with Gasteiger partial charge in [-0.05, 0) is 31.0 Å². The fraction of sp³-hybridized carbons (Fsp3) is 0.417. The topological polar surface area (TPSA) is 57.9 Å². The molecule has 1 fully saturated rings. The summed E-state index contributed by atoms with van der Waals surface area (Å²) in [5, 5.41) is 8.08. The zero-order valence-electron chi connectivity index (χ0n) is 9.44. The number of hydrogen-bond donors (Lipinski definition) is 0. The van der Waals surface area contributed by atoms with Crippen LogP contribution < -0.4 is 0 Å². The third-order valence-electron chi connectivity index (χ3n) is 3.24. The van der Waals surface area contributed by atoms with Crippen LogP contribution in [0, 0.1) is 28.9 Å². The largest absolute Gasteiger partial charge is 0.223 e. The van der Waals surface area contributed by atoms with Crippen molar-refractivity contribution in [3.05, 3.63) is 29.8 Å². The minimum atomic E-state index is -3.77. The summed E-state index contributed by atoms with van der Waals surface area (Å²) >= 11 is 0. The Morgan fingerprint density at radius 1 is 1.22 bits per heavy atom. The van der Waals surface area contributed by atoms with Gasteiger partial charge in [-0.2, -0.15) is 5.26 Å². The lowest BCUT2D eigenvalue weighted by Gasteiger charge is -2.14. The number of rotatable bonds is 2. The van der Waals surface area contributed by atoms with Crippen LogP contribution in [0.25, 0.3) is 0 Å². The van der Waals surface area contributed by atoms with Gasteiger partial charge in [0.2, 0.25) is 0 Å². The van der Waals surface area contributed by atoms with Crippen molar-refractivity contribution in [3.63, 3.8) is 0 Å². The zero-order chi connectivity index (χ0) is 13.3. The lowest BCUT2D eigenvalue weighted by molar-refractivity contribution is 0.503. The van der Waals surface area contributed by atoms with Crippen LogP contribution in [0.4, 0.5) is 8.78 Å². The predicted octanol–water partition coefficient (Wildman–Crippen LogP) is 2.43. The first kappa shape index (κ1) is 13.0. The van der Waals surface area contributed by atoms with Crippen LogP contribution in [0.1, 0.15) is 19.3 Å². The van der Waals surface area contributed by atoms with Gasteiger partial charge >= 0.3 is 0 Å². The van der Waals surface area contributed by atoms with Crippen LogP contribution in [-0.2, 0) is 9.84 Å². The molecule has 0 aromatic heterocycles. The van der Waals surface area contributed by atoms with Gasteiger partial charge in [-0.3, -0.25) is 0 Å². The summed E-state index contributed by atoms with van der Waals surface area (Å²) in [5.74, 6) is -2.84. The van der Waals surface area contributed by atoms with E-state index in [1.54, 1.807) is 0 Å². The summed E-state index contributed by atoms with van der Waals surface area (Å²) < 4.78 is 50.3. The number of sulfone groups is 1. The average Bonchev–Trinajstić information content (AvgIpc) is 2.81. The maximum absolute atomic E-state index is 13.1. The third kappa shape index (κ3) is 2.10. The van der Waals surface area contributed by atoms with Gasteiger partial charge in [-0.1, -0.05) is 6.42 Å². The molecule has 1 aromatic carbocycles. The van der Waals surface area contributed by atoms with Crippen LogP contribution in [-0.4, -0.2) is 13.7 Å². The van der Waals surface area contributed by atoms with Gasteiger partial charge in [-0.25, -0.2) is 17.2 Å². The molecule has 0 spiro atoms. The molecule has 0 saturated heterocycles. The number of nitrogens with zero attached hydrogens (tertiary/aromatic N) is 1. The van der Waals surface area contributed by atoms with E-state index in [0.717, 1.165) is 12.1 Å². The second kappa shape index (κ2) is 4.65. The highest BCUT2D eigenvalue weighted by Gasteiger charge is 2.38. The van der Waals surface area contributed by atoms with Crippen molar-refractivity contribution in [1.29, 1.82) is 5.26 Å². The van der Waals surface area contributed by atoms with E-state index in [4.69, 9.17) is 5.26 Å². The van der Waals surface area contributed by atoms with E-state index in [-0.39, 0.29) is 4.90 Å². The van der Waals surface area contributed by atoms with Crippen molar-refractivity contribution in [2.45, 2.75) is 29.4 Å². The molecule has 1 saturated carbocycles. The minimum absolute atomic E-state index is 0.256. The first-order valence-electron chi connectivity index (χ1n) is 5.55. The Bertz CT molecular complexity index is 607. The molecule has 1 aliphatic rings. The molecule has 0 N–H and O–H groups in total. The number of nitriles is 1. The number of benzene rings is 1. The minimum Gasteiger partial charge on any atom is -0.223 e. The van der Waals surface area contributed by atoms with Gasteiger partial charge in [0.1, 0.15) is 0 Å². The van der Waals surface area contributed by atoms with E-state index in [9.17, 15) is 17.2 Å². The predicted molar refractivity (Wildman–Crippen MR) is 60.3 cm³/mol. The Balaban J connectivity index is 2.42. The maximum atomic E-state index is 13.1. The summed E-state index contributed by atoms with van der Waals surface area (Å²) in [5.41, 5.74) is 0. The van der Waals surface area contributed by atoms with Gasteiger partial charge in [0, 0.05) is 0 Å². The molecule has 1 aliphatic carbocycles.